The molecule has 1 aromatic carbocycles. The molecule has 0 spiro atoms. The lowest BCUT2D eigenvalue weighted by Crippen LogP contribution is -1.90. The van der Waals surface area contributed by atoms with Crippen LogP contribution in [-0.2, 0) is 7.05 Å². The molecule has 14 heavy (non-hydrogen) atoms. The molecule has 3 nitrogen and oxygen atoms in total. The molecule has 0 saturated heterocycles. The molecule has 2 aromatic rings. The third-order valence-electron chi connectivity index (χ3n) is 2.33. The average molecular weight is 255 g/mol. The molecule has 0 aliphatic carbocycles. The number of aromatic nitrogens is 2. The zero-order chi connectivity index (χ0) is 10.3. The van der Waals surface area contributed by atoms with Gasteiger partial charge in [-0.25, -0.2) is 0 Å². The minimum Gasteiger partial charge on any atom is -0.496 e. The summed E-state index contributed by atoms with van der Waals surface area (Å²) in [7, 11) is 3.60. The van der Waals surface area contributed by atoms with Gasteiger partial charge in [0.25, 0.3) is 0 Å². The Balaban J connectivity index is 2.92. The van der Waals surface area contributed by atoms with Gasteiger partial charge in [0.05, 0.1) is 18.0 Å². The molecule has 1 aromatic heterocycles. The quantitative estimate of drug-likeness (QED) is 0.783. The Morgan fingerprint density at radius 2 is 2.14 bits per heavy atom. The second-order valence-electron chi connectivity index (χ2n) is 3.22. The van der Waals surface area contributed by atoms with Crippen molar-refractivity contribution in [2.75, 3.05) is 7.11 Å². The van der Waals surface area contributed by atoms with E-state index in [4.69, 9.17) is 4.74 Å². The van der Waals surface area contributed by atoms with Crippen molar-refractivity contribution in [3.05, 3.63) is 22.3 Å². The molecule has 0 fully saturated rings. The predicted molar refractivity (Wildman–Crippen MR) is 59.7 cm³/mol. The van der Waals surface area contributed by atoms with E-state index in [9.17, 15) is 0 Å². The van der Waals surface area contributed by atoms with Gasteiger partial charge in [-0.15, -0.1) is 0 Å². The maximum absolute atomic E-state index is 5.37. The van der Waals surface area contributed by atoms with Crippen molar-refractivity contribution < 1.29 is 4.74 Å². The van der Waals surface area contributed by atoms with Gasteiger partial charge in [0.15, 0.2) is 0 Å². The van der Waals surface area contributed by atoms with Crippen molar-refractivity contribution >= 4 is 26.8 Å². The Labute approximate surface area is 90.8 Å². The summed E-state index contributed by atoms with van der Waals surface area (Å²) in [6.45, 7) is 2.03. The van der Waals surface area contributed by atoms with Crippen LogP contribution in [0, 0.1) is 6.92 Å². The summed E-state index contributed by atoms with van der Waals surface area (Å²) in [5, 5.41) is 5.33. The summed E-state index contributed by atoms with van der Waals surface area (Å²) in [5.74, 6) is 0.891. The van der Waals surface area contributed by atoms with E-state index in [1.807, 2.05) is 30.8 Å². The largest absolute Gasteiger partial charge is 0.496 e. The number of hydrogen-bond acceptors (Lipinski definition) is 2. The van der Waals surface area contributed by atoms with E-state index < -0.39 is 0 Å². The van der Waals surface area contributed by atoms with Gasteiger partial charge < -0.3 is 4.74 Å². The highest BCUT2D eigenvalue weighted by Crippen LogP contribution is 2.34. The lowest BCUT2D eigenvalue weighted by Gasteiger charge is -2.05. The molecule has 0 radical (unpaired) electrons. The Morgan fingerprint density at radius 3 is 2.79 bits per heavy atom. The van der Waals surface area contributed by atoms with Crippen LogP contribution < -0.4 is 4.74 Å². The number of fused-ring (bicyclic) bond motifs is 1. The SMILES string of the molecule is COc1c(C)ccc2c1c(Br)nn2C. The van der Waals surface area contributed by atoms with E-state index in [0.29, 0.717) is 0 Å². The highest BCUT2D eigenvalue weighted by atomic mass is 79.9. The Morgan fingerprint density at radius 1 is 1.43 bits per heavy atom. The number of ether oxygens (including phenoxy) is 1. The number of hydrogen-bond donors (Lipinski definition) is 0. The van der Waals surface area contributed by atoms with Gasteiger partial charge in [-0.1, -0.05) is 6.07 Å². The number of methoxy groups -OCH3 is 1. The first-order chi connectivity index (χ1) is 6.65. The smallest absolute Gasteiger partial charge is 0.139 e. The lowest BCUT2D eigenvalue weighted by atomic mass is 10.1. The van der Waals surface area contributed by atoms with Gasteiger partial charge in [-0.3, -0.25) is 4.68 Å². The molecule has 2 rings (SSSR count). The van der Waals surface area contributed by atoms with Crippen molar-refractivity contribution in [3.63, 3.8) is 0 Å². The maximum Gasteiger partial charge on any atom is 0.139 e. The molecule has 0 atom stereocenters. The van der Waals surface area contributed by atoms with Crippen LogP contribution in [0.15, 0.2) is 16.7 Å². The summed E-state index contributed by atoms with van der Waals surface area (Å²) >= 11 is 3.43. The predicted octanol–water partition coefficient (Wildman–Crippen LogP) is 2.65. The summed E-state index contributed by atoms with van der Waals surface area (Å²) in [4.78, 5) is 0. The minimum atomic E-state index is 0.829. The van der Waals surface area contributed by atoms with Crippen LogP contribution in [0.4, 0.5) is 0 Å². The van der Waals surface area contributed by atoms with Crippen molar-refractivity contribution in [1.29, 1.82) is 0 Å². The first-order valence-corrected chi connectivity index (χ1v) is 5.10. The van der Waals surface area contributed by atoms with Crippen molar-refractivity contribution in [1.82, 2.24) is 9.78 Å². The van der Waals surface area contributed by atoms with Crippen LogP contribution >= 0.6 is 15.9 Å². The molecule has 0 aliphatic heterocycles. The fourth-order valence-corrected chi connectivity index (χ4v) is 2.27. The van der Waals surface area contributed by atoms with Gasteiger partial charge in [-0.05, 0) is 34.5 Å². The number of benzene rings is 1. The van der Waals surface area contributed by atoms with Crippen LogP contribution in [0.5, 0.6) is 5.75 Å². The molecule has 0 unspecified atom stereocenters. The number of aryl methyl sites for hydroxylation is 2. The van der Waals surface area contributed by atoms with E-state index in [1.165, 1.54) is 0 Å². The minimum absolute atomic E-state index is 0.829. The van der Waals surface area contributed by atoms with Gasteiger partial charge in [-0.2, -0.15) is 5.10 Å². The normalized spacial score (nSPS) is 10.9. The van der Waals surface area contributed by atoms with E-state index in [0.717, 1.165) is 26.8 Å². The molecular weight excluding hydrogens is 244 g/mol. The molecule has 4 heteroatoms. The van der Waals surface area contributed by atoms with Gasteiger partial charge in [0, 0.05) is 7.05 Å². The van der Waals surface area contributed by atoms with Crippen LogP contribution in [0.1, 0.15) is 5.56 Å². The van der Waals surface area contributed by atoms with Crippen molar-refractivity contribution in [2.24, 2.45) is 7.05 Å². The molecule has 1 heterocycles. The lowest BCUT2D eigenvalue weighted by molar-refractivity contribution is 0.416. The van der Waals surface area contributed by atoms with Crippen molar-refractivity contribution in [3.8, 4) is 5.75 Å². The third kappa shape index (κ3) is 1.21. The molecule has 0 N–H and O–H groups in total. The first kappa shape index (κ1) is 9.52. The van der Waals surface area contributed by atoms with Gasteiger partial charge >= 0.3 is 0 Å². The topological polar surface area (TPSA) is 27.1 Å². The summed E-state index contributed by atoms with van der Waals surface area (Å²) in [5.41, 5.74) is 2.19. The summed E-state index contributed by atoms with van der Waals surface area (Å²) in [6.07, 6.45) is 0. The Bertz CT molecular complexity index is 490. The van der Waals surface area contributed by atoms with Crippen molar-refractivity contribution in [2.45, 2.75) is 6.92 Å². The highest BCUT2D eigenvalue weighted by molar-refractivity contribution is 9.10. The summed E-state index contributed by atoms with van der Waals surface area (Å²) in [6, 6.07) is 4.08. The summed E-state index contributed by atoms with van der Waals surface area (Å²) < 4.78 is 8.03. The molecular formula is C10H11BrN2O. The van der Waals surface area contributed by atoms with E-state index >= 15 is 0 Å². The second kappa shape index (κ2) is 3.28. The first-order valence-electron chi connectivity index (χ1n) is 4.31. The molecule has 0 bridgehead atoms. The van der Waals surface area contributed by atoms with Gasteiger partial charge in [0.1, 0.15) is 10.4 Å². The van der Waals surface area contributed by atoms with Crippen LogP contribution in [0.2, 0.25) is 0 Å². The van der Waals surface area contributed by atoms with Crippen LogP contribution in [0.3, 0.4) is 0 Å². The molecule has 0 amide bonds. The second-order valence-corrected chi connectivity index (χ2v) is 3.98. The zero-order valence-electron chi connectivity index (χ0n) is 8.34. The van der Waals surface area contributed by atoms with E-state index in [1.54, 1.807) is 7.11 Å². The van der Waals surface area contributed by atoms with Crippen LogP contribution in [0.25, 0.3) is 10.9 Å². The number of halogens is 1. The van der Waals surface area contributed by atoms with Gasteiger partial charge in [0.2, 0.25) is 0 Å². The Hall–Kier alpha value is -1.03. The highest BCUT2D eigenvalue weighted by Gasteiger charge is 2.12. The molecule has 0 saturated carbocycles. The van der Waals surface area contributed by atoms with E-state index in [-0.39, 0.29) is 0 Å². The number of rotatable bonds is 1. The van der Waals surface area contributed by atoms with Crippen LogP contribution in [-0.4, -0.2) is 16.9 Å². The van der Waals surface area contributed by atoms with E-state index in [2.05, 4.69) is 21.0 Å². The maximum atomic E-state index is 5.37. The zero-order valence-corrected chi connectivity index (χ0v) is 9.92. The molecule has 0 aliphatic rings. The average Bonchev–Trinajstić information content (AvgIpc) is 2.43. The monoisotopic (exact) mass is 254 g/mol. The number of nitrogens with zero attached hydrogens (tertiary/aromatic N) is 2. The fraction of sp³-hybridized carbons (Fsp3) is 0.300. The standard InChI is InChI=1S/C10H11BrN2O/c1-6-4-5-7-8(9(6)14-3)10(11)12-13(7)2/h4-5H,1-3H3. The fourth-order valence-electron chi connectivity index (χ4n) is 1.64. The Kier molecular flexibility index (Phi) is 2.23. The molecule has 74 valence electrons. The third-order valence-corrected chi connectivity index (χ3v) is 2.88.